The molecule has 2 aromatic rings. The molecule has 0 aliphatic rings. The van der Waals surface area contributed by atoms with E-state index in [0.29, 0.717) is 14.5 Å². The molecule has 2 aromatic carbocycles. The number of alkyl halides is 1. The first-order valence-electron chi connectivity index (χ1n) is 5.79. The number of hydrogen-bond acceptors (Lipinski definition) is 0. The number of hydrogen-bond donors (Lipinski definition) is 0. The Morgan fingerprint density at radius 3 is 1.52 bits per heavy atom. The smallest absolute Gasteiger partial charge is 0.153 e. The largest absolute Gasteiger partial charge is 0.246 e. The Morgan fingerprint density at radius 1 is 0.783 bits per heavy atom. The lowest BCUT2D eigenvalue weighted by molar-refractivity contribution is 0.482. The van der Waals surface area contributed by atoms with E-state index in [-0.39, 0.29) is 5.82 Å². The number of rotatable bonds is 1. The zero-order valence-electron chi connectivity index (χ0n) is 11.3. The molecule has 0 unspecified atom stereocenters. The maximum Gasteiger partial charge on any atom is 0.153 e. The second-order valence-electron chi connectivity index (χ2n) is 4.18. The summed E-state index contributed by atoms with van der Waals surface area (Å²) in [6.45, 7) is 1.43. The van der Waals surface area contributed by atoms with E-state index in [1.165, 1.54) is 0 Å². The van der Waals surface area contributed by atoms with Crippen LogP contribution in [-0.2, 0) is 6.67 Å². The Labute approximate surface area is 192 Å². The zero-order valence-corrected chi connectivity index (χ0v) is 22.4. The molecular formula is C14H7Br7F2. The van der Waals surface area contributed by atoms with E-state index in [4.69, 9.17) is 0 Å². The van der Waals surface area contributed by atoms with Gasteiger partial charge in [0, 0.05) is 27.9 Å². The van der Waals surface area contributed by atoms with Gasteiger partial charge in [0.25, 0.3) is 0 Å². The zero-order chi connectivity index (χ0) is 17.9. The highest BCUT2D eigenvalue weighted by Crippen LogP contribution is 2.40. The highest BCUT2D eigenvalue weighted by atomic mass is 79.9. The van der Waals surface area contributed by atoms with Gasteiger partial charge >= 0.3 is 0 Å². The van der Waals surface area contributed by atoms with Gasteiger partial charge in [0.2, 0.25) is 0 Å². The molecule has 0 amide bonds. The van der Waals surface area contributed by atoms with Crippen molar-refractivity contribution in [3.05, 3.63) is 60.4 Å². The van der Waals surface area contributed by atoms with Crippen molar-refractivity contribution in [1.82, 2.24) is 0 Å². The Kier molecular flexibility index (Phi) is 9.98. The molecule has 126 valence electrons. The van der Waals surface area contributed by atoms with E-state index < -0.39 is 6.67 Å². The lowest BCUT2D eigenvalue weighted by atomic mass is 10.2. The average molecular weight is 773 g/mol. The van der Waals surface area contributed by atoms with Crippen molar-refractivity contribution in [1.29, 1.82) is 0 Å². The normalized spacial score (nSPS) is 10.3. The van der Waals surface area contributed by atoms with Gasteiger partial charge in [-0.2, -0.15) is 0 Å². The van der Waals surface area contributed by atoms with E-state index in [1.54, 1.807) is 0 Å². The molecule has 0 spiro atoms. The monoisotopic (exact) mass is 765 g/mol. The van der Waals surface area contributed by atoms with Crippen molar-refractivity contribution in [3.8, 4) is 0 Å². The summed E-state index contributed by atoms with van der Waals surface area (Å²) in [6, 6.07) is 3.64. The average Bonchev–Trinajstić information content (AvgIpc) is 2.49. The Balaban J connectivity index is 0.000000231. The molecule has 0 N–H and O–H groups in total. The van der Waals surface area contributed by atoms with Gasteiger partial charge in [0.1, 0.15) is 6.67 Å². The summed E-state index contributed by atoms with van der Waals surface area (Å²) in [5, 5.41) is 0. The highest BCUT2D eigenvalue weighted by molar-refractivity contribution is 9.14. The van der Waals surface area contributed by atoms with Crippen LogP contribution in [0.2, 0.25) is 0 Å². The SMILES string of the molecule is Cc1c(Br)c(Br)c(F)c(Br)c1Br.FCc1c(Br)cc(Br)cc1Br. The van der Waals surface area contributed by atoms with E-state index in [2.05, 4.69) is 112 Å². The summed E-state index contributed by atoms with van der Waals surface area (Å²) in [5.74, 6) is -0.306. The summed E-state index contributed by atoms with van der Waals surface area (Å²) in [5.41, 5.74) is 1.60. The van der Waals surface area contributed by atoms with Gasteiger partial charge in [0.15, 0.2) is 5.82 Å². The third kappa shape index (κ3) is 5.82. The molecule has 0 aliphatic carbocycles. The minimum Gasteiger partial charge on any atom is -0.246 e. The minimum atomic E-state index is -0.464. The highest BCUT2D eigenvalue weighted by Gasteiger charge is 2.15. The molecule has 0 bridgehead atoms. The Hall–Kier alpha value is 1.66. The van der Waals surface area contributed by atoms with Crippen molar-refractivity contribution in [2.75, 3.05) is 0 Å². The van der Waals surface area contributed by atoms with Crippen molar-refractivity contribution in [2.45, 2.75) is 13.6 Å². The molecule has 23 heavy (non-hydrogen) atoms. The predicted octanol–water partition coefficient (Wildman–Crippen LogP) is 9.63. The summed E-state index contributed by atoms with van der Waals surface area (Å²) in [7, 11) is 0. The second kappa shape index (κ2) is 10.1. The molecule has 0 aromatic heterocycles. The van der Waals surface area contributed by atoms with Crippen LogP contribution in [0.15, 0.2) is 43.4 Å². The van der Waals surface area contributed by atoms with Crippen LogP contribution in [0, 0.1) is 12.7 Å². The second-order valence-corrected chi connectivity index (χ2v) is 9.97. The predicted molar refractivity (Wildman–Crippen MR) is 116 cm³/mol. The van der Waals surface area contributed by atoms with Gasteiger partial charge in [-0.05, 0) is 88.3 Å². The fourth-order valence-electron chi connectivity index (χ4n) is 1.41. The molecule has 0 fully saturated rings. The van der Waals surface area contributed by atoms with Crippen molar-refractivity contribution < 1.29 is 8.78 Å². The maximum absolute atomic E-state index is 13.3. The molecule has 0 nitrogen and oxygen atoms in total. The molecule has 0 heterocycles. The standard InChI is InChI=1S/C7H3Br4F.C7H4Br3F/c1-2-3(8)5(10)7(12)6(11)4(2)9;8-4-1-6(9)5(3-11)7(10)2-4/h1H3;1-2H,3H2. The fourth-order valence-corrected chi connectivity index (χ4v) is 6.15. The van der Waals surface area contributed by atoms with Crippen LogP contribution in [0.25, 0.3) is 0 Å². The summed E-state index contributed by atoms with van der Waals surface area (Å²) < 4.78 is 30.4. The van der Waals surface area contributed by atoms with Crippen LogP contribution in [-0.4, -0.2) is 0 Å². The molecule has 0 aliphatic heterocycles. The topological polar surface area (TPSA) is 0 Å². The molecule has 0 saturated carbocycles. The van der Waals surface area contributed by atoms with Crippen LogP contribution in [0.1, 0.15) is 11.1 Å². The first-order chi connectivity index (χ1) is 10.6. The molecule has 9 heteroatoms. The van der Waals surface area contributed by atoms with Crippen LogP contribution < -0.4 is 0 Å². The molecule has 0 saturated heterocycles. The van der Waals surface area contributed by atoms with Gasteiger partial charge in [0.05, 0.1) is 8.95 Å². The quantitative estimate of drug-likeness (QED) is 0.200. The van der Waals surface area contributed by atoms with Crippen LogP contribution in [0.3, 0.4) is 0 Å². The van der Waals surface area contributed by atoms with E-state index in [9.17, 15) is 8.78 Å². The fraction of sp³-hybridized carbons (Fsp3) is 0.143. The van der Waals surface area contributed by atoms with Gasteiger partial charge in [-0.15, -0.1) is 0 Å². The van der Waals surface area contributed by atoms with Crippen molar-refractivity contribution in [3.63, 3.8) is 0 Å². The minimum absolute atomic E-state index is 0.306. The van der Waals surface area contributed by atoms with Gasteiger partial charge in [-0.25, -0.2) is 8.78 Å². The first-order valence-corrected chi connectivity index (χ1v) is 11.3. The summed E-state index contributed by atoms with van der Waals surface area (Å²) in [4.78, 5) is 0. The van der Waals surface area contributed by atoms with E-state index in [0.717, 1.165) is 27.9 Å². The van der Waals surface area contributed by atoms with Crippen molar-refractivity contribution >= 4 is 112 Å². The Morgan fingerprint density at radius 2 is 1.17 bits per heavy atom. The lowest BCUT2D eigenvalue weighted by Crippen LogP contribution is -1.88. The van der Waals surface area contributed by atoms with Crippen molar-refractivity contribution in [2.24, 2.45) is 0 Å². The lowest BCUT2D eigenvalue weighted by Gasteiger charge is -2.07. The molecule has 2 rings (SSSR count). The van der Waals surface area contributed by atoms with Crippen LogP contribution in [0.4, 0.5) is 8.78 Å². The van der Waals surface area contributed by atoms with Crippen LogP contribution in [0.5, 0.6) is 0 Å². The van der Waals surface area contributed by atoms with Gasteiger partial charge in [-0.1, -0.05) is 47.8 Å². The van der Waals surface area contributed by atoms with Crippen LogP contribution >= 0.6 is 112 Å². The molecular weight excluding hydrogens is 765 g/mol. The van der Waals surface area contributed by atoms with E-state index >= 15 is 0 Å². The molecule has 0 atom stereocenters. The molecule has 0 radical (unpaired) electrons. The third-order valence-electron chi connectivity index (χ3n) is 2.67. The summed E-state index contributed by atoms with van der Waals surface area (Å²) >= 11 is 22.6. The Bertz CT molecular complexity index is 604. The van der Waals surface area contributed by atoms with Gasteiger partial charge in [-0.3, -0.25) is 0 Å². The van der Waals surface area contributed by atoms with Gasteiger partial charge < -0.3 is 0 Å². The summed E-state index contributed by atoms with van der Waals surface area (Å²) in [6.07, 6.45) is 0. The number of halogens is 9. The number of benzene rings is 2. The maximum atomic E-state index is 13.3. The third-order valence-corrected chi connectivity index (χ3v) is 9.08. The first kappa shape index (κ1) is 22.7. The van der Waals surface area contributed by atoms with E-state index in [1.807, 2.05) is 19.1 Å².